The van der Waals surface area contributed by atoms with Gasteiger partial charge >= 0.3 is 0 Å². The monoisotopic (exact) mass is 344 g/mol. The molecule has 1 aliphatic rings. The normalized spacial score (nSPS) is 18.0. The van der Waals surface area contributed by atoms with E-state index < -0.39 is 0 Å². The summed E-state index contributed by atoms with van der Waals surface area (Å²) < 4.78 is 0. The molecule has 0 bridgehead atoms. The number of hydrogen-bond donors (Lipinski definition) is 1. The molecule has 3 heterocycles. The van der Waals surface area contributed by atoms with Gasteiger partial charge in [0.2, 0.25) is 0 Å². The van der Waals surface area contributed by atoms with Crippen molar-refractivity contribution < 1.29 is 4.79 Å². The number of aromatic nitrogens is 2. The average Bonchev–Trinajstić information content (AvgIpc) is 2.90. The smallest absolute Gasteiger partial charge is 0.273 e. The van der Waals surface area contributed by atoms with Gasteiger partial charge in [0.05, 0.1) is 17.3 Å². The number of rotatable bonds is 4. The molecule has 0 spiro atoms. The molecule has 1 amide bonds. The van der Waals surface area contributed by atoms with Crippen LogP contribution in [0.1, 0.15) is 35.4 Å². The van der Waals surface area contributed by atoms with E-state index in [9.17, 15) is 4.79 Å². The molecule has 1 atom stereocenters. The van der Waals surface area contributed by atoms with Crippen molar-refractivity contribution in [1.29, 1.82) is 0 Å². The Morgan fingerprint density at radius 3 is 2.88 bits per heavy atom. The van der Waals surface area contributed by atoms with Gasteiger partial charge in [0.1, 0.15) is 5.69 Å². The highest BCUT2D eigenvalue weighted by Gasteiger charge is 2.26. The number of nitrogens with zero attached hydrogens (tertiary/aromatic N) is 3. The number of halogens is 1. The van der Waals surface area contributed by atoms with Crippen LogP contribution < -0.4 is 5.32 Å². The highest BCUT2D eigenvalue weighted by molar-refractivity contribution is 6.30. The third-order valence-electron chi connectivity index (χ3n) is 4.25. The van der Waals surface area contributed by atoms with Crippen LogP contribution in [0.15, 0.2) is 42.7 Å². The second-order valence-electron chi connectivity index (χ2n) is 5.95. The minimum atomic E-state index is -0.0655. The molecule has 0 aliphatic carbocycles. The summed E-state index contributed by atoms with van der Waals surface area (Å²) in [7, 11) is 0. The fraction of sp³-hybridized carbons (Fsp3) is 0.389. The molecular formula is C18H21ClN4O. The van der Waals surface area contributed by atoms with Gasteiger partial charge in [-0.15, -0.1) is 0 Å². The fourth-order valence-electron chi connectivity index (χ4n) is 2.99. The van der Waals surface area contributed by atoms with E-state index in [-0.39, 0.29) is 11.9 Å². The highest BCUT2D eigenvalue weighted by Crippen LogP contribution is 2.19. The van der Waals surface area contributed by atoms with Gasteiger partial charge in [-0.2, -0.15) is 0 Å². The zero-order valence-electron chi connectivity index (χ0n) is 13.5. The van der Waals surface area contributed by atoms with Gasteiger partial charge in [0.15, 0.2) is 0 Å². The fourth-order valence-corrected chi connectivity index (χ4v) is 3.11. The summed E-state index contributed by atoms with van der Waals surface area (Å²) in [5.74, 6) is -0.0655. The van der Waals surface area contributed by atoms with Crippen LogP contribution in [0.5, 0.6) is 0 Å². The van der Waals surface area contributed by atoms with Gasteiger partial charge in [-0.1, -0.05) is 17.7 Å². The molecule has 1 saturated heterocycles. The van der Waals surface area contributed by atoms with E-state index in [0.29, 0.717) is 17.3 Å². The summed E-state index contributed by atoms with van der Waals surface area (Å²) in [4.78, 5) is 23.5. The molecule has 0 aromatic carbocycles. The molecule has 3 rings (SSSR count). The largest absolute Gasteiger partial charge is 0.328 e. The van der Waals surface area contributed by atoms with Crippen LogP contribution in [0.3, 0.4) is 0 Å². The van der Waals surface area contributed by atoms with E-state index in [1.165, 1.54) is 6.20 Å². The molecule has 126 valence electrons. The Labute approximate surface area is 147 Å². The molecule has 1 unspecified atom stereocenters. The maximum Gasteiger partial charge on any atom is 0.273 e. The van der Waals surface area contributed by atoms with Crippen molar-refractivity contribution in [1.82, 2.24) is 20.2 Å². The van der Waals surface area contributed by atoms with E-state index >= 15 is 0 Å². The highest BCUT2D eigenvalue weighted by atomic mass is 35.5. The molecule has 0 radical (unpaired) electrons. The summed E-state index contributed by atoms with van der Waals surface area (Å²) in [5, 5.41) is 3.92. The van der Waals surface area contributed by atoms with Gasteiger partial charge in [0, 0.05) is 18.4 Å². The van der Waals surface area contributed by atoms with Crippen molar-refractivity contribution >= 4 is 17.5 Å². The van der Waals surface area contributed by atoms with Crippen molar-refractivity contribution in [3.63, 3.8) is 0 Å². The first-order valence-electron chi connectivity index (χ1n) is 8.27. The van der Waals surface area contributed by atoms with Gasteiger partial charge in [-0.05, 0) is 56.6 Å². The molecular weight excluding hydrogens is 324 g/mol. The SMILES string of the molecule is O=C(c1ccc(Cl)cn1)N(Cc1ccccn1)C1CCCNCC1. The maximum atomic E-state index is 13.0. The minimum absolute atomic E-state index is 0.0655. The lowest BCUT2D eigenvalue weighted by atomic mass is 10.1. The number of carbonyl (C=O) groups is 1. The standard InChI is InChI=1S/C18H21ClN4O/c19-14-6-7-17(22-12-14)18(24)23(13-15-4-1-2-10-21-15)16-5-3-9-20-11-8-16/h1-2,4,6-7,10,12,16,20H,3,5,8-9,11,13H2. The molecule has 24 heavy (non-hydrogen) atoms. The Bertz CT molecular complexity index is 654. The predicted octanol–water partition coefficient (Wildman–Crippen LogP) is 2.91. The van der Waals surface area contributed by atoms with E-state index in [2.05, 4.69) is 15.3 Å². The first-order valence-corrected chi connectivity index (χ1v) is 8.65. The van der Waals surface area contributed by atoms with E-state index in [0.717, 1.165) is 38.0 Å². The second kappa shape index (κ2) is 8.22. The molecule has 1 aliphatic heterocycles. The van der Waals surface area contributed by atoms with Crippen LogP contribution in [0.4, 0.5) is 0 Å². The Morgan fingerprint density at radius 1 is 1.21 bits per heavy atom. The Hall–Kier alpha value is -1.98. The zero-order chi connectivity index (χ0) is 16.8. The van der Waals surface area contributed by atoms with Crippen LogP contribution in [0.2, 0.25) is 5.02 Å². The Kier molecular flexibility index (Phi) is 5.77. The summed E-state index contributed by atoms with van der Waals surface area (Å²) in [6.07, 6.45) is 6.26. The summed E-state index contributed by atoms with van der Waals surface area (Å²) in [6, 6.07) is 9.35. The topological polar surface area (TPSA) is 58.1 Å². The van der Waals surface area contributed by atoms with Crippen LogP contribution in [-0.2, 0) is 6.54 Å². The number of pyridine rings is 2. The van der Waals surface area contributed by atoms with Crippen LogP contribution in [0, 0.1) is 0 Å². The van der Waals surface area contributed by atoms with Gasteiger partial charge in [-0.25, -0.2) is 4.98 Å². The quantitative estimate of drug-likeness (QED) is 0.926. The van der Waals surface area contributed by atoms with E-state index in [4.69, 9.17) is 11.6 Å². The summed E-state index contributed by atoms with van der Waals surface area (Å²) >= 11 is 5.89. The lowest BCUT2D eigenvalue weighted by Crippen LogP contribution is -2.41. The van der Waals surface area contributed by atoms with E-state index in [1.54, 1.807) is 18.3 Å². The summed E-state index contributed by atoms with van der Waals surface area (Å²) in [6.45, 7) is 2.42. The Morgan fingerprint density at radius 2 is 2.12 bits per heavy atom. The zero-order valence-corrected chi connectivity index (χ0v) is 14.2. The van der Waals surface area contributed by atoms with Gasteiger partial charge in [0.25, 0.3) is 5.91 Å². The van der Waals surface area contributed by atoms with Crippen molar-refractivity contribution in [2.45, 2.75) is 31.8 Å². The molecule has 1 N–H and O–H groups in total. The van der Waals surface area contributed by atoms with Gasteiger partial charge in [-0.3, -0.25) is 9.78 Å². The number of carbonyl (C=O) groups excluding carboxylic acids is 1. The molecule has 2 aromatic heterocycles. The predicted molar refractivity (Wildman–Crippen MR) is 93.9 cm³/mol. The summed E-state index contributed by atoms with van der Waals surface area (Å²) in [5.41, 5.74) is 1.31. The second-order valence-corrected chi connectivity index (χ2v) is 6.39. The van der Waals surface area contributed by atoms with Crippen molar-refractivity contribution in [2.24, 2.45) is 0 Å². The lowest BCUT2D eigenvalue weighted by molar-refractivity contribution is 0.0636. The van der Waals surface area contributed by atoms with Gasteiger partial charge < -0.3 is 10.2 Å². The lowest BCUT2D eigenvalue weighted by Gasteiger charge is -2.30. The Balaban J connectivity index is 1.85. The van der Waals surface area contributed by atoms with Crippen LogP contribution in [-0.4, -0.2) is 39.9 Å². The molecule has 1 fully saturated rings. The van der Waals surface area contributed by atoms with Crippen molar-refractivity contribution in [3.8, 4) is 0 Å². The van der Waals surface area contributed by atoms with Crippen molar-refractivity contribution in [3.05, 3.63) is 59.1 Å². The number of amides is 1. The molecule has 0 saturated carbocycles. The number of nitrogens with one attached hydrogen (secondary N) is 1. The molecule has 6 heteroatoms. The maximum absolute atomic E-state index is 13.0. The molecule has 2 aromatic rings. The first-order chi connectivity index (χ1) is 11.7. The third kappa shape index (κ3) is 4.30. The first kappa shape index (κ1) is 16.9. The third-order valence-corrected chi connectivity index (χ3v) is 4.48. The van der Waals surface area contributed by atoms with Crippen LogP contribution in [0.25, 0.3) is 0 Å². The van der Waals surface area contributed by atoms with Crippen LogP contribution >= 0.6 is 11.6 Å². The van der Waals surface area contributed by atoms with Crippen molar-refractivity contribution in [2.75, 3.05) is 13.1 Å². The molecule has 5 nitrogen and oxygen atoms in total. The average molecular weight is 345 g/mol. The van der Waals surface area contributed by atoms with E-state index in [1.807, 2.05) is 23.1 Å². The number of hydrogen-bond acceptors (Lipinski definition) is 4. The minimum Gasteiger partial charge on any atom is -0.328 e.